The molecule has 0 saturated carbocycles. The standard InChI is InChI=1S/C14H14Cl2N2OS/c1-8-3-4-10(7-11(8)15)18-14(19)17-9(2)12-5-6-13(16)20-12/h3-7,9H,1-2H3,(H2,17,18,19). The van der Waals surface area contributed by atoms with E-state index < -0.39 is 0 Å². The van der Waals surface area contributed by atoms with Crippen LogP contribution >= 0.6 is 34.5 Å². The molecular formula is C14H14Cl2N2OS. The molecule has 1 heterocycles. The number of anilines is 1. The second kappa shape index (κ2) is 6.48. The largest absolute Gasteiger partial charge is 0.331 e. The fraction of sp³-hybridized carbons (Fsp3) is 0.214. The van der Waals surface area contributed by atoms with Crippen LogP contribution in [0.1, 0.15) is 23.4 Å². The monoisotopic (exact) mass is 328 g/mol. The number of rotatable bonds is 3. The predicted molar refractivity (Wildman–Crippen MR) is 86.1 cm³/mol. The molecule has 1 atom stereocenters. The molecule has 0 bridgehead atoms. The average molecular weight is 329 g/mol. The molecule has 0 saturated heterocycles. The van der Waals surface area contributed by atoms with Crippen molar-refractivity contribution in [2.24, 2.45) is 0 Å². The average Bonchev–Trinajstić information content (AvgIpc) is 2.80. The maximum absolute atomic E-state index is 11.9. The lowest BCUT2D eigenvalue weighted by Gasteiger charge is -2.13. The first-order valence-corrected chi connectivity index (χ1v) is 7.62. The topological polar surface area (TPSA) is 41.1 Å². The van der Waals surface area contributed by atoms with Crippen molar-refractivity contribution in [3.05, 3.63) is 50.1 Å². The summed E-state index contributed by atoms with van der Waals surface area (Å²) in [6, 6.07) is 8.74. The van der Waals surface area contributed by atoms with Crippen molar-refractivity contribution in [3.63, 3.8) is 0 Å². The van der Waals surface area contributed by atoms with Gasteiger partial charge in [-0.15, -0.1) is 11.3 Å². The number of aryl methyl sites for hydroxylation is 1. The van der Waals surface area contributed by atoms with E-state index in [-0.39, 0.29) is 12.1 Å². The van der Waals surface area contributed by atoms with Gasteiger partial charge in [-0.3, -0.25) is 0 Å². The fourth-order valence-corrected chi connectivity index (χ4v) is 2.91. The number of benzene rings is 1. The van der Waals surface area contributed by atoms with Crippen LogP contribution in [0.4, 0.5) is 10.5 Å². The summed E-state index contributed by atoms with van der Waals surface area (Å²) in [5.74, 6) is 0. The Morgan fingerprint density at radius 3 is 2.60 bits per heavy atom. The molecule has 1 unspecified atom stereocenters. The Labute approximate surface area is 131 Å². The first-order valence-electron chi connectivity index (χ1n) is 6.04. The summed E-state index contributed by atoms with van der Waals surface area (Å²) in [7, 11) is 0. The minimum atomic E-state index is -0.276. The summed E-state index contributed by atoms with van der Waals surface area (Å²) in [6.45, 7) is 3.82. The summed E-state index contributed by atoms with van der Waals surface area (Å²) in [5, 5.41) is 6.23. The van der Waals surface area contributed by atoms with Crippen molar-refractivity contribution in [1.29, 1.82) is 0 Å². The number of urea groups is 1. The molecule has 20 heavy (non-hydrogen) atoms. The van der Waals surface area contributed by atoms with E-state index in [0.29, 0.717) is 15.0 Å². The molecule has 0 aliphatic carbocycles. The molecule has 0 aliphatic heterocycles. The molecule has 2 amide bonds. The molecule has 106 valence electrons. The van der Waals surface area contributed by atoms with Crippen LogP contribution in [0.3, 0.4) is 0 Å². The number of amides is 2. The molecule has 0 aliphatic rings. The molecule has 3 nitrogen and oxygen atoms in total. The Bertz CT molecular complexity index is 627. The summed E-state index contributed by atoms with van der Waals surface area (Å²) < 4.78 is 0.708. The van der Waals surface area contributed by atoms with E-state index in [2.05, 4.69) is 10.6 Å². The highest BCUT2D eigenvalue weighted by Crippen LogP contribution is 2.26. The quantitative estimate of drug-likeness (QED) is 0.794. The molecule has 0 radical (unpaired) electrons. The van der Waals surface area contributed by atoms with Gasteiger partial charge in [0.1, 0.15) is 0 Å². The van der Waals surface area contributed by atoms with Gasteiger partial charge in [0.05, 0.1) is 10.4 Å². The Hall–Kier alpha value is -1.23. The molecule has 2 aromatic rings. The third kappa shape index (κ3) is 3.88. The number of hydrogen-bond donors (Lipinski definition) is 2. The van der Waals surface area contributed by atoms with Crippen LogP contribution in [-0.4, -0.2) is 6.03 Å². The number of carbonyl (C=O) groups excluding carboxylic acids is 1. The van der Waals surface area contributed by atoms with Crippen molar-refractivity contribution in [3.8, 4) is 0 Å². The SMILES string of the molecule is Cc1ccc(NC(=O)NC(C)c2ccc(Cl)s2)cc1Cl. The summed E-state index contributed by atoms with van der Waals surface area (Å²) in [5.41, 5.74) is 1.63. The van der Waals surface area contributed by atoms with E-state index >= 15 is 0 Å². The van der Waals surface area contributed by atoms with Crippen LogP contribution in [0.25, 0.3) is 0 Å². The summed E-state index contributed by atoms with van der Waals surface area (Å²) in [4.78, 5) is 12.9. The van der Waals surface area contributed by atoms with Crippen LogP contribution in [-0.2, 0) is 0 Å². The first kappa shape index (κ1) is 15.2. The van der Waals surface area contributed by atoms with Gasteiger partial charge in [-0.2, -0.15) is 0 Å². The number of nitrogens with one attached hydrogen (secondary N) is 2. The van der Waals surface area contributed by atoms with Gasteiger partial charge >= 0.3 is 6.03 Å². The van der Waals surface area contributed by atoms with Gasteiger partial charge in [-0.1, -0.05) is 29.3 Å². The van der Waals surface area contributed by atoms with E-state index in [4.69, 9.17) is 23.2 Å². The van der Waals surface area contributed by atoms with Crippen LogP contribution in [0.15, 0.2) is 30.3 Å². The Morgan fingerprint density at radius 2 is 2.00 bits per heavy atom. The minimum Gasteiger partial charge on any atom is -0.331 e. The molecule has 2 rings (SSSR count). The van der Waals surface area contributed by atoms with E-state index in [9.17, 15) is 4.79 Å². The van der Waals surface area contributed by atoms with Crippen molar-refractivity contribution >= 4 is 46.3 Å². The highest BCUT2D eigenvalue weighted by molar-refractivity contribution is 7.16. The second-order valence-corrected chi connectivity index (χ2v) is 6.58. The number of halogens is 2. The van der Waals surface area contributed by atoms with Crippen LogP contribution in [0.2, 0.25) is 9.36 Å². The third-order valence-electron chi connectivity index (χ3n) is 2.80. The van der Waals surface area contributed by atoms with Crippen molar-refractivity contribution < 1.29 is 4.79 Å². The second-order valence-electron chi connectivity index (χ2n) is 4.43. The van der Waals surface area contributed by atoms with Gasteiger partial charge in [0.25, 0.3) is 0 Å². The number of carbonyl (C=O) groups is 1. The highest BCUT2D eigenvalue weighted by Gasteiger charge is 2.11. The zero-order valence-electron chi connectivity index (χ0n) is 11.0. The Balaban J connectivity index is 1.96. The van der Waals surface area contributed by atoms with Crippen molar-refractivity contribution in [2.45, 2.75) is 19.9 Å². The normalized spacial score (nSPS) is 12.0. The van der Waals surface area contributed by atoms with Gasteiger partial charge in [0.2, 0.25) is 0 Å². The Kier molecular flexibility index (Phi) is 4.91. The molecule has 0 spiro atoms. The van der Waals surface area contributed by atoms with Gasteiger partial charge in [-0.05, 0) is 43.7 Å². The van der Waals surface area contributed by atoms with Gasteiger partial charge in [0, 0.05) is 15.6 Å². The highest BCUT2D eigenvalue weighted by atomic mass is 35.5. The van der Waals surface area contributed by atoms with Gasteiger partial charge < -0.3 is 10.6 Å². The third-order valence-corrected chi connectivity index (χ3v) is 4.62. The maximum Gasteiger partial charge on any atom is 0.319 e. The van der Waals surface area contributed by atoms with Crippen LogP contribution < -0.4 is 10.6 Å². The number of thiophene rings is 1. The summed E-state index contributed by atoms with van der Waals surface area (Å²) >= 11 is 13.3. The van der Waals surface area contributed by atoms with E-state index in [0.717, 1.165) is 10.4 Å². The lowest BCUT2D eigenvalue weighted by atomic mass is 10.2. The molecule has 1 aromatic heterocycles. The van der Waals surface area contributed by atoms with Crippen molar-refractivity contribution in [2.75, 3.05) is 5.32 Å². The van der Waals surface area contributed by atoms with E-state index in [1.54, 1.807) is 6.07 Å². The number of hydrogen-bond acceptors (Lipinski definition) is 2. The minimum absolute atomic E-state index is 0.103. The zero-order chi connectivity index (χ0) is 14.7. The molecule has 0 fully saturated rings. The van der Waals surface area contributed by atoms with Crippen LogP contribution in [0, 0.1) is 6.92 Å². The predicted octanol–water partition coefficient (Wildman–Crippen LogP) is 5.25. The zero-order valence-corrected chi connectivity index (χ0v) is 13.4. The van der Waals surface area contributed by atoms with Crippen molar-refractivity contribution in [1.82, 2.24) is 5.32 Å². The molecule has 2 N–H and O–H groups in total. The lowest BCUT2D eigenvalue weighted by molar-refractivity contribution is 0.249. The molecular weight excluding hydrogens is 315 g/mol. The summed E-state index contributed by atoms with van der Waals surface area (Å²) in [6.07, 6.45) is 0. The fourth-order valence-electron chi connectivity index (χ4n) is 1.67. The smallest absolute Gasteiger partial charge is 0.319 e. The molecule has 6 heteroatoms. The van der Waals surface area contributed by atoms with E-state index in [1.165, 1.54) is 11.3 Å². The van der Waals surface area contributed by atoms with Gasteiger partial charge in [0.15, 0.2) is 0 Å². The molecule has 1 aromatic carbocycles. The maximum atomic E-state index is 11.9. The van der Waals surface area contributed by atoms with E-state index in [1.807, 2.05) is 38.1 Å². The van der Waals surface area contributed by atoms with Gasteiger partial charge in [-0.25, -0.2) is 4.79 Å². The van der Waals surface area contributed by atoms with Crippen LogP contribution in [0.5, 0.6) is 0 Å². The first-order chi connectivity index (χ1) is 9.45. The Morgan fingerprint density at radius 1 is 1.25 bits per heavy atom. The lowest BCUT2D eigenvalue weighted by Crippen LogP contribution is -2.30.